The number of benzene rings is 2. The van der Waals surface area contributed by atoms with E-state index < -0.39 is 5.97 Å². The summed E-state index contributed by atoms with van der Waals surface area (Å²) in [6.07, 6.45) is 1.17. The number of hydrogen-bond acceptors (Lipinski definition) is 6. The number of ether oxygens (including phenoxy) is 4. The summed E-state index contributed by atoms with van der Waals surface area (Å²) < 4.78 is 23.1. The molecule has 0 spiro atoms. The summed E-state index contributed by atoms with van der Waals surface area (Å²) in [5.41, 5.74) is 3.15. The normalized spacial score (nSPS) is 19.2. The fourth-order valence-electron chi connectivity index (χ4n) is 4.77. The number of anilines is 1. The van der Waals surface area contributed by atoms with Crippen molar-refractivity contribution in [1.82, 2.24) is 0 Å². The van der Waals surface area contributed by atoms with E-state index in [2.05, 4.69) is 0 Å². The van der Waals surface area contributed by atoms with Gasteiger partial charge in [0.15, 0.2) is 11.5 Å². The highest BCUT2D eigenvalue weighted by atomic mass is 16.6. The molecule has 2 atom stereocenters. The Hall–Kier alpha value is -3.06. The second-order valence-corrected chi connectivity index (χ2v) is 7.85. The highest BCUT2D eigenvalue weighted by molar-refractivity contribution is 6.02. The zero-order chi connectivity index (χ0) is 22.1. The largest absolute Gasteiger partial charge is 0.494 e. The molecule has 0 aromatic heterocycles. The van der Waals surface area contributed by atoms with Crippen LogP contribution in [0.1, 0.15) is 42.4 Å². The second kappa shape index (κ2) is 8.59. The van der Waals surface area contributed by atoms with Crippen LogP contribution in [0.25, 0.3) is 0 Å². The van der Waals surface area contributed by atoms with E-state index in [-0.39, 0.29) is 17.9 Å². The van der Waals surface area contributed by atoms with Crippen molar-refractivity contribution >= 4 is 17.6 Å². The third-order valence-corrected chi connectivity index (χ3v) is 6.00. The topological polar surface area (TPSA) is 74.3 Å². The molecule has 7 nitrogen and oxygen atoms in total. The SMILES string of the molecule is COc1c(C)c(OC)c2c(c1OC(C)=O)[C@H](COCc1ccccc1)[C@H]1CCC(=O)N21. The molecule has 2 aromatic carbocycles. The third kappa shape index (κ3) is 3.63. The maximum atomic E-state index is 12.8. The fourth-order valence-corrected chi connectivity index (χ4v) is 4.77. The standard InChI is InChI=1S/C24H27NO6/c1-14-22(28-3)21-20(24(23(14)29-4)31-15(2)26)17(18-10-11-19(27)25(18)21)13-30-12-16-8-6-5-7-9-16/h5-9,17-18H,10-13H2,1-4H3/t17-,18-/m1/s1. The summed E-state index contributed by atoms with van der Waals surface area (Å²) in [5, 5.41) is 0. The van der Waals surface area contributed by atoms with Crippen molar-refractivity contribution in [2.45, 2.75) is 45.3 Å². The van der Waals surface area contributed by atoms with E-state index in [1.165, 1.54) is 14.0 Å². The van der Waals surface area contributed by atoms with Gasteiger partial charge in [-0.05, 0) is 18.9 Å². The minimum Gasteiger partial charge on any atom is -0.494 e. The summed E-state index contributed by atoms with van der Waals surface area (Å²) in [6, 6.07) is 9.84. The summed E-state index contributed by atoms with van der Waals surface area (Å²) >= 11 is 0. The van der Waals surface area contributed by atoms with Crippen LogP contribution in [-0.4, -0.2) is 38.7 Å². The molecule has 1 saturated heterocycles. The molecule has 1 amide bonds. The fraction of sp³-hybridized carbons (Fsp3) is 0.417. The third-order valence-electron chi connectivity index (χ3n) is 6.00. The van der Waals surface area contributed by atoms with Crippen molar-refractivity contribution in [2.24, 2.45) is 0 Å². The molecule has 0 radical (unpaired) electrons. The van der Waals surface area contributed by atoms with E-state index >= 15 is 0 Å². The molecule has 2 aliphatic heterocycles. The first-order valence-corrected chi connectivity index (χ1v) is 10.4. The van der Waals surface area contributed by atoms with Crippen LogP contribution in [0, 0.1) is 6.92 Å². The molecule has 2 aromatic rings. The summed E-state index contributed by atoms with van der Waals surface area (Å²) in [6.45, 7) is 4.02. The maximum Gasteiger partial charge on any atom is 0.308 e. The van der Waals surface area contributed by atoms with Crippen molar-refractivity contribution in [3.63, 3.8) is 0 Å². The Bertz CT molecular complexity index is 1000. The van der Waals surface area contributed by atoms with Gasteiger partial charge in [-0.2, -0.15) is 0 Å². The van der Waals surface area contributed by atoms with Crippen LogP contribution in [0.5, 0.6) is 17.2 Å². The molecule has 164 valence electrons. The van der Waals surface area contributed by atoms with Gasteiger partial charge in [-0.1, -0.05) is 30.3 Å². The molecule has 0 unspecified atom stereocenters. The van der Waals surface area contributed by atoms with Crippen molar-refractivity contribution in [3.8, 4) is 17.2 Å². The number of amides is 1. The monoisotopic (exact) mass is 425 g/mol. The number of carbonyl (C=O) groups is 2. The van der Waals surface area contributed by atoms with Gasteiger partial charge < -0.3 is 23.8 Å². The van der Waals surface area contributed by atoms with Gasteiger partial charge in [-0.15, -0.1) is 0 Å². The molecule has 2 aliphatic rings. The highest BCUT2D eigenvalue weighted by Crippen LogP contribution is 2.58. The van der Waals surface area contributed by atoms with Crippen LogP contribution in [-0.2, 0) is 20.9 Å². The Morgan fingerprint density at radius 1 is 1.10 bits per heavy atom. The van der Waals surface area contributed by atoms with E-state index in [9.17, 15) is 9.59 Å². The lowest BCUT2D eigenvalue weighted by Gasteiger charge is -2.22. The molecule has 31 heavy (non-hydrogen) atoms. The highest BCUT2D eigenvalue weighted by Gasteiger charge is 2.50. The molecule has 0 aliphatic carbocycles. The summed E-state index contributed by atoms with van der Waals surface area (Å²) in [7, 11) is 3.10. The number of fused-ring (bicyclic) bond motifs is 3. The number of hydrogen-bond donors (Lipinski definition) is 0. The zero-order valence-corrected chi connectivity index (χ0v) is 18.3. The number of esters is 1. The Kier molecular flexibility index (Phi) is 5.87. The van der Waals surface area contributed by atoms with Gasteiger partial charge in [0.2, 0.25) is 5.91 Å². The van der Waals surface area contributed by atoms with Gasteiger partial charge in [0, 0.05) is 36.4 Å². The van der Waals surface area contributed by atoms with E-state index in [1.807, 2.05) is 37.3 Å². The molecule has 0 saturated carbocycles. The van der Waals surface area contributed by atoms with Crippen molar-refractivity contribution in [3.05, 3.63) is 47.0 Å². The van der Waals surface area contributed by atoms with E-state index in [0.717, 1.165) is 11.1 Å². The predicted octanol–water partition coefficient (Wildman–Crippen LogP) is 3.75. The first-order chi connectivity index (χ1) is 15.0. The first kappa shape index (κ1) is 21.2. The summed E-state index contributed by atoms with van der Waals surface area (Å²) in [5.74, 6) is 0.767. The maximum absolute atomic E-state index is 12.8. The number of carbonyl (C=O) groups excluding carboxylic acids is 2. The Morgan fingerprint density at radius 3 is 2.45 bits per heavy atom. The molecule has 0 bridgehead atoms. The molecular formula is C24H27NO6. The minimum atomic E-state index is -0.451. The number of nitrogens with zero attached hydrogens (tertiary/aromatic N) is 1. The minimum absolute atomic E-state index is 0.0356. The van der Waals surface area contributed by atoms with Crippen LogP contribution in [0.4, 0.5) is 5.69 Å². The Balaban J connectivity index is 1.79. The second-order valence-electron chi connectivity index (χ2n) is 7.85. The lowest BCUT2D eigenvalue weighted by Crippen LogP contribution is -2.32. The molecule has 1 fully saturated rings. The van der Waals surface area contributed by atoms with Gasteiger partial charge in [0.05, 0.1) is 33.1 Å². The van der Waals surface area contributed by atoms with Crippen LogP contribution < -0.4 is 19.1 Å². The number of methoxy groups -OCH3 is 2. The van der Waals surface area contributed by atoms with E-state index in [1.54, 1.807) is 12.0 Å². The smallest absolute Gasteiger partial charge is 0.308 e. The van der Waals surface area contributed by atoms with Crippen LogP contribution in [0.2, 0.25) is 0 Å². The van der Waals surface area contributed by atoms with E-state index in [0.29, 0.717) is 54.6 Å². The van der Waals surface area contributed by atoms with Gasteiger partial charge >= 0.3 is 5.97 Å². The Morgan fingerprint density at radius 2 is 1.81 bits per heavy atom. The molecule has 7 heteroatoms. The quantitative estimate of drug-likeness (QED) is 0.497. The molecule has 2 heterocycles. The lowest BCUT2D eigenvalue weighted by molar-refractivity contribution is -0.132. The summed E-state index contributed by atoms with van der Waals surface area (Å²) in [4.78, 5) is 26.6. The number of rotatable bonds is 7. The van der Waals surface area contributed by atoms with Gasteiger partial charge in [0.25, 0.3) is 0 Å². The average Bonchev–Trinajstić information content (AvgIpc) is 3.27. The predicted molar refractivity (Wildman–Crippen MR) is 115 cm³/mol. The first-order valence-electron chi connectivity index (χ1n) is 10.4. The van der Waals surface area contributed by atoms with Gasteiger partial charge in [-0.3, -0.25) is 9.59 Å². The lowest BCUT2D eigenvalue weighted by atomic mass is 9.91. The van der Waals surface area contributed by atoms with Crippen LogP contribution in [0.15, 0.2) is 30.3 Å². The van der Waals surface area contributed by atoms with Crippen LogP contribution >= 0.6 is 0 Å². The van der Waals surface area contributed by atoms with Crippen LogP contribution in [0.3, 0.4) is 0 Å². The van der Waals surface area contributed by atoms with Crippen molar-refractivity contribution in [1.29, 1.82) is 0 Å². The van der Waals surface area contributed by atoms with Gasteiger partial charge in [0.1, 0.15) is 5.75 Å². The molecule has 4 rings (SSSR count). The molecular weight excluding hydrogens is 398 g/mol. The average molecular weight is 425 g/mol. The van der Waals surface area contributed by atoms with Gasteiger partial charge in [-0.25, -0.2) is 0 Å². The van der Waals surface area contributed by atoms with Crippen molar-refractivity contribution < 1.29 is 28.5 Å². The van der Waals surface area contributed by atoms with E-state index in [4.69, 9.17) is 18.9 Å². The zero-order valence-electron chi connectivity index (χ0n) is 18.3. The van der Waals surface area contributed by atoms with Crippen molar-refractivity contribution in [2.75, 3.05) is 25.7 Å². The molecule has 0 N–H and O–H groups in total. The Labute approximate surface area is 181 Å².